The van der Waals surface area contributed by atoms with Crippen LogP contribution in [-0.4, -0.2) is 59.6 Å². The number of para-hydroxylation sites is 1. The molecule has 0 atom stereocenters. The van der Waals surface area contributed by atoms with Crippen molar-refractivity contribution in [3.8, 4) is 17.3 Å². The zero-order valence-corrected chi connectivity index (χ0v) is 22.2. The van der Waals surface area contributed by atoms with Crippen LogP contribution >= 0.6 is 0 Å². The van der Waals surface area contributed by atoms with Gasteiger partial charge in [0.05, 0.1) is 36.6 Å². The lowest BCUT2D eigenvalue weighted by molar-refractivity contribution is -0.385. The Labute approximate surface area is 229 Å². The molecule has 0 bridgehead atoms. The van der Waals surface area contributed by atoms with Crippen LogP contribution in [0.15, 0.2) is 76.2 Å². The van der Waals surface area contributed by atoms with Gasteiger partial charge < -0.3 is 19.2 Å². The van der Waals surface area contributed by atoms with E-state index in [0.717, 1.165) is 12.1 Å². The van der Waals surface area contributed by atoms with E-state index in [4.69, 9.17) is 13.9 Å². The van der Waals surface area contributed by atoms with Crippen LogP contribution in [0, 0.1) is 17.0 Å². The summed E-state index contributed by atoms with van der Waals surface area (Å²) in [6.07, 6.45) is 1.50. The number of aromatic nitrogens is 2. The van der Waals surface area contributed by atoms with E-state index in [-0.39, 0.29) is 55.1 Å². The summed E-state index contributed by atoms with van der Waals surface area (Å²) in [7, 11) is -4.20. The van der Waals surface area contributed by atoms with E-state index in [1.807, 2.05) is 0 Å². The third-order valence-corrected chi connectivity index (χ3v) is 8.14. The topological polar surface area (TPSA) is 159 Å². The van der Waals surface area contributed by atoms with E-state index < -0.39 is 26.5 Å². The predicted molar refractivity (Wildman–Crippen MR) is 141 cm³/mol. The Hall–Kier alpha value is -4.53. The van der Waals surface area contributed by atoms with Gasteiger partial charge in [-0.2, -0.15) is 14.1 Å². The maximum absolute atomic E-state index is 13.6. The number of nitro benzene ring substituents is 1. The molecule has 2 aromatic carbocycles. The van der Waals surface area contributed by atoms with Crippen molar-refractivity contribution in [2.24, 2.45) is 0 Å². The molecule has 1 fully saturated rings. The van der Waals surface area contributed by atoms with Crippen LogP contribution in [-0.2, 0) is 21.3 Å². The summed E-state index contributed by atoms with van der Waals surface area (Å²) in [6, 6.07) is 15.6. The third-order valence-electron chi connectivity index (χ3n) is 6.22. The predicted octanol–water partition coefficient (Wildman–Crippen LogP) is 3.43. The Morgan fingerprint density at radius 1 is 1.12 bits per heavy atom. The first kappa shape index (κ1) is 27.1. The van der Waals surface area contributed by atoms with Gasteiger partial charge in [-0.15, -0.1) is 0 Å². The van der Waals surface area contributed by atoms with Crippen LogP contribution in [0.3, 0.4) is 0 Å². The fraction of sp³-hybridized carbons (Fsp3) is 0.231. The first-order chi connectivity index (χ1) is 19.3. The number of rotatable bonds is 9. The van der Waals surface area contributed by atoms with Crippen molar-refractivity contribution in [1.29, 1.82) is 0 Å². The number of furan rings is 1. The quantitative estimate of drug-likeness (QED) is 0.236. The monoisotopic (exact) mass is 567 g/mol. The van der Waals surface area contributed by atoms with Crippen molar-refractivity contribution in [1.82, 2.24) is 19.4 Å². The van der Waals surface area contributed by atoms with Crippen molar-refractivity contribution in [2.45, 2.75) is 18.4 Å². The summed E-state index contributed by atoms with van der Waals surface area (Å²) in [5, 5.41) is 18.7. The molecule has 0 unspecified atom stereocenters. The first-order valence-electron chi connectivity index (χ1n) is 12.3. The van der Waals surface area contributed by atoms with Gasteiger partial charge in [0.15, 0.2) is 5.69 Å². The second kappa shape index (κ2) is 11.3. The molecule has 0 aliphatic carbocycles. The fourth-order valence-corrected chi connectivity index (χ4v) is 5.69. The summed E-state index contributed by atoms with van der Waals surface area (Å²) in [6.45, 7) is 2.31. The van der Waals surface area contributed by atoms with Gasteiger partial charge in [-0.3, -0.25) is 14.9 Å². The largest absolute Gasteiger partial charge is 0.467 e. The highest BCUT2D eigenvalue weighted by molar-refractivity contribution is 7.89. The highest BCUT2D eigenvalue weighted by Crippen LogP contribution is 2.37. The lowest BCUT2D eigenvalue weighted by Gasteiger charge is -2.26. The second-order valence-corrected chi connectivity index (χ2v) is 10.7. The van der Waals surface area contributed by atoms with Crippen molar-refractivity contribution in [2.75, 3.05) is 26.3 Å². The van der Waals surface area contributed by atoms with Crippen molar-refractivity contribution < 1.29 is 32.0 Å². The highest BCUT2D eigenvalue weighted by Gasteiger charge is 2.32. The third kappa shape index (κ3) is 5.45. The smallest absolute Gasteiger partial charge is 0.272 e. The lowest BCUT2D eigenvalue weighted by atomic mass is 10.2. The number of nitrogens with one attached hydrogen (secondary N) is 1. The molecule has 5 rings (SSSR count). The van der Waals surface area contributed by atoms with Crippen LogP contribution in [0.1, 0.15) is 21.8 Å². The number of non-ortho nitro benzene ring substituents is 1. The average Bonchev–Trinajstić information content (AvgIpc) is 3.61. The number of ether oxygens (including phenoxy) is 2. The Morgan fingerprint density at radius 3 is 2.55 bits per heavy atom. The van der Waals surface area contributed by atoms with Crippen LogP contribution < -0.4 is 10.1 Å². The number of hydrogen-bond acceptors (Lipinski definition) is 9. The summed E-state index contributed by atoms with van der Waals surface area (Å²) < 4.78 is 46.5. The molecule has 3 heterocycles. The molecule has 208 valence electrons. The second-order valence-electron chi connectivity index (χ2n) is 8.79. The van der Waals surface area contributed by atoms with E-state index in [1.54, 1.807) is 49.4 Å². The van der Waals surface area contributed by atoms with Gasteiger partial charge >= 0.3 is 0 Å². The normalized spacial score (nSPS) is 14.1. The van der Waals surface area contributed by atoms with Crippen molar-refractivity contribution in [3.05, 3.63) is 94.1 Å². The minimum Gasteiger partial charge on any atom is -0.467 e. The van der Waals surface area contributed by atoms with Gasteiger partial charge in [-0.25, -0.2) is 8.42 Å². The molecule has 1 saturated heterocycles. The molecule has 2 aromatic heterocycles. The SMILES string of the molecule is Cc1c(C(=O)NCc2ccco2)nn(-c2ccccc2)c1Oc1ccc([N+](=O)[O-])cc1S(=O)(=O)N1CCOCC1. The van der Waals surface area contributed by atoms with Crippen molar-refractivity contribution in [3.63, 3.8) is 0 Å². The average molecular weight is 568 g/mol. The molecule has 0 saturated carbocycles. The molecular weight excluding hydrogens is 542 g/mol. The number of carbonyl (C=O) groups is 1. The van der Waals surface area contributed by atoms with E-state index in [2.05, 4.69) is 10.4 Å². The molecule has 1 aliphatic rings. The number of carbonyl (C=O) groups excluding carboxylic acids is 1. The van der Waals surface area contributed by atoms with E-state index in [9.17, 15) is 23.3 Å². The Bertz CT molecular complexity index is 1630. The Balaban J connectivity index is 1.57. The summed E-state index contributed by atoms with van der Waals surface area (Å²) in [5.74, 6) is -0.0338. The van der Waals surface area contributed by atoms with Crippen molar-refractivity contribution >= 4 is 21.6 Å². The van der Waals surface area contributed by atoms with E-state index >= 15 is 0 Å². The zero-order chi connectivity index (χ0) is 28.3. The maximum Gasteiger partial charge on any atom is 0.272 e. The molecule has 4 aromatic rings. The maximum atomic E-state index is 13.6. The van der Waals surface area contributed by atoms with E-state index in [1.165, 1.54) is 21.3 Å². The highest BCUT2D eigenvalue weighted by atomic mass is 32.2. The number of amides is 1. The summed E-state index contributed by atoms with van der Waals surface area (Å²) in [4.78, 5) is 23.5. The zero-order valence-electron chi connectivity index (χ0n) is 21.3. The van der Waals surface area contributed by atoms with Crippen LogP contribution in [0.5, 0.6) is 11.6 Å². The molecule has 14 heteroatoms. The van der Waals surface area contributed by atoms with Crippen LogP contribution in [0.2, 0.25) is 0 Å². The molecule has 1 amide bonds. The van der Waals surface area contributed by atoms with E-state index in [0.29, 0.717) is 17.0 Å². The van der Waals surface area contributed by atoms with Gasteiger partial charge in [-0.05, 0) is 37.3 Å². The number of nitro groups is 1. The number of benzene rings is 2. The molecule has 40 heavy (non-hydrogen) atoms. The minimum atomic E-state index is -4.20. The number of sulfonamides is 1. The van der Waals surface area contributed by atoms with Gasteiger partial charge in [0.2, 0.25) is 15.9 Å². The summed E-state index contributed by atoms with van der Waals surface area (Å²) >= 11 is 0. The van der Waals surface area contributed by atoms with Gasteiger partial charge in [0.1, 0.15) is 16.4 Å². The number of nitrogens with zero attached hydrogens (tertiary/aromatic N) is 4. The number of morpholine rings is 1. The number of hydrogen-bond donors (Lipinski definition) is 1. The standard InChI is InChI=1S/C26H25N5O8S/c1-18-24(25(32)27-17-21-8-5-13-38-21)28-30(19-6-3-2-4-7-19)26(18)39-22-10-9-20(31(33)34)16-23(22)40(35,36)29-11-14-37-15-12-29/h2-10,13,16H,11-12,14-15,17H2,1H3,(H,27,32). The summed E-state index contributed by atoms with van der Waals surface area (Å²) in [5.41, 5.74) is 0.509. The molecule has 0 spiro atoms. The van der Waals surface area contributed by atoms with Gasteiger partial charge in [0, 0.05) is 30.8 Å². The lowest BCUT2D eigenvalue weighted by Crippen LogP contribution is -2.40. The fourth-order valence-electron chi connectivity index (χ4n) is 4.15. The van der Waals surface area contributed by atoms with Crippen LogP contribution in [0.25, 0.3) is 5.69 Å². The Kier molecular flexibility index (Phi) is 7.64. The van der Waals surface area contributed by atoms with Gasteiger partial charge in [0.25, 0.3) is 11.6 Å². The molecule has 0 radical (unpaired) electrons. The molecule has 1 aliphatic heterocycles. The molecule has 1 N–H and O–H groups in total. The molecular formula is C26H25N5O8S. The Morgan fingerprint density at radius 2 is 1.88 bits per heavy atom. The van der Waals surface area contributed by atoms with Crippen LogP contribution in [0.4, 0.5) is 5.69 Å². The first-order valence-corrected chi connectivity index (χ1v) is 13.7. The van der Waals surface area contributed by atoms with Gasteiger partial charge in [-0.1, -0.05) is 18.2 Å². The molecule has 13 nitrogen and oxygen atoms in total. The minimum absolute atomic E-state index is 0.0462.